The van der Waals surface area contributed by atoms with Crippen molar-refractivity contribution in [2.24, 2.45) is 4.99 Å². The van der Waals surface area contributed by atoms with E-state index < -0.39 is 12.0 Å². The van der Waals surface area contributed by atoms with Crippen molar-refractivity contribution in [3.05, 3.63) is 119 Å². The summed E-state index contributed by atoms with van der Waals surface area (Å²) < 4.78 is 24.9. The Kier molecular flexibility index (Phi) is 9.56. The summed E-state index contributed by atoms with van der Waals surface area (Å²) in [5.74, 6) is 1.30. The highest BCUT2D eigenvalue weighted by Crippen LogP contribution is 2.34. The Hall–Kier alpha value is -4.34. The number of thiazole rings is 1. The molecule has 0 bridgehead atoms. The third kappa shape index (κ3) is 6.44. The van der Waals surface area contributed by atoms with Gasteiger partial charge in [0.05, 0.1) is 42.2 Å². The van der Waals surface area contributed by atoms with Gasteiger partial charge in [-0.05, 0) is 86.4 Å². The molecule has 0 fully saturated rings. The summed E-state index contributed by atoms with van der Waals surface area (Å²) in [6.45, 7) is 8.34. The monoisotopic (exact) mass is 632 g/mol. The summed E-state index contributed by atoms with van der Waals surface area (Å²) in [5, 5.41) is 0.663. The van der Waals surface area contributed by atoms with Gasteiger partial charge in [-0.1, -0.05) is 53.3 Å². The smallest absolute Gasteiger partial charge is 0.338 e. The first-order chi connectivity index (χ1) is 21.2. The molecule has 4 aromatic rings. The van der Waals surface area contributed by atoms with Crippen molar-refractivity contribution in [2.45, 2.75) is 40.3 Å². The first kappa shape index (κ1) is 31.1. The SMILES string of the molecule is CCOC(=O)C1=C(C)N=c2sc(=Cc3ccc(OCc4ccc(Cl)cc4)c(OCC)c3)c(=O)n2[C@H]1c1ccc(C)c(OC)c1. The van der Waals surface area contributed by atoms with Crippen LogP contribution in [-0.2, 0) is 16.1 Å². The van der Waals surface area contributed by atoms with Crippen LogP contribution in [0.4, 0.5) is 0 Å². The van der Waals surface area contributed by atoms with Crippen LogP contribution in [0.15, 0.2) is 81.7 Å². The highest BCUT2D eigenvalue weighted by Gasteiger charge is 2.33. The van der Waals surface area contributed by atoms with Gasteiger partial charge in [0, 0.05) is 5.02 Å². The Balaban J connectivity index is 1.57. The van der Waals surface area contributed by atoms with E-state index in [1.54, 1.807) is 31.6 Å². The molecule has 0 aliphatic carbocycles. The van der Waals surface area contributed by atoms with Gasteiger partial charge >= 0.3 is 5.97 Å². The molecule has 1 aliphatic heterocycles. The van der Waals surface area contributed by atoms with Crippen molar-refractivity contribution < 1.29 is 23.7 Å². The zero-order valence-corrected chi connectivity index (χ0v) is 26.8. The van der Waals surface area contributed by atoms with E-state index in [-0.39, 0.29) is 12.2 Å². The van der Waals surface area contributed by atoms with Crippen molar-refractivity contribution in [2.75, 3.05) is 20.3 Å². The number of hydrogen-bond donors (Lipinski definition) is 0. The summed E-state index contributed by atoms with van der Waals surface area (Å²) in [7, 11) is 1.59. The fourth-order valence-electron chi connectivity index (χ4n) is 5.01. The number of ether oxygens (including phenoxy) is 4. The second kappa shape index (κ2) is 13.5. The molecule has 3 aromatic carbocycles. The van der Waals surface area contributed by atoms with Gasteiger partial charge in [-0.3, -0.25) is 9.36 Å². The molecule has 1 aromatic heterocycles. The fourth-order valence-corrected chi connectivity index (χ4v) is 6.18. The number of hydrogen-bond acceptors (Lipinski definition) is 8. The van der Waals surface area contributed by atoms with Gasteiger partial charge < -0.3 is 18.9 Å². The number of aryl methyl sites for hydroxylation is 1. The summed E-state index contributed by atoms with van der Waals surface area (Å²) in [5.41, 5.74) is 3.94. The minimum absolute atomic E-state index is 0.200. The number of rotatable bonds is 10. The maximum absolute atomic E-state index is 14.0. The number of methoxy groups -OCH3 is 1. The highest BCUT2D eigenvalue weighted by molar-refractivity contribution is 7.07. The summed E-state index contributed by atoms with van der Waals surface area (Å²) in [6, 6.07) is 17.9. The first-order valence-corrected chi connectivity index (χ1v) is 15.4. The lowest BCUT2D eigenvalue weighted by Gasteiger charge is -2.25. The van der Waals surface area contributed by atoms with Crippen molar-refractivity contribution in [3.8, 4) is 17.2 Å². The minimum Gasteiger partial charge on any atom is -0.496 e. The maximum atomic E-state index is 14.0. The normalized spacial score (nSPS) is 14.6. The number of aromatic nitrogens is 1. The second-order valence-electron chi connectivity index (χ2n) is 10.1. The van der Waals surface area contributed by atoms with Gasteiger partial charge in [0.25, 0.3) is 5.56 Å². The van der Waals surface area contributed by atoms with Crippen LogP contribution >= 0.6 is 22.9 Å². The lowest BCUT2D eigenvalue weighted by Crippen LogP contribution is -2.40. The predicted molar refractivity (Wildman–Crippen MR) is 172 cm³/mol. The van der Waals surface area contributed by atoms with Crippen LogP contribution < -0.4 is 29.1 Å². The number of benzene rings is 3. The van der Waals surface area contributed by atoms with Crippen molar-refractivity contribution in [1.29, 1.82) is 0 Å². The number of fused-ring (bicyclic) bond motifs is 1. The first-order valence-electron chi connectivity index (χ1n) is 14.2. The molecule has 1 atom stereocenters. The molecule has 0 radical (unpaired) electrons. The van der Waals surface area contributed by atoms with Crippen LogP contribution in [0.5, 0.6) is 17.2 Å². The number of carbonyl (C=O) groups is 1. The molecule has 228 valence electrons. The molecule has 44 heavy (non-hydrogen) atoms. The Bertz CT molecular complexity index is 1910. The Morgan fingerprint density at radius 1 is 0.977 bits per heavy atom. The van der Waals surface area contributed by atoms with E-state index in [9.17, 15) is 9.59 Å². The minimum atomic E-state index is -0.732. The van der Waals surface area contributed by atoms with Crippen LogP contribution in [0.25, 0.3) is 6.08 Å². The van der Waals surface area contributed by atoms with E-state index in [0.717, 1.165) is 22.3 Å². The summed E-state index contributed by atoms with van der Waals surface area (Å²) in [6.07, 6.45) is 1.80. The van der Waals surface area contributed by atoms with Gasteiger partial charge in [0.2, 0.25) is 0 Å². The largest absolute Gasteiger partial charge is 0.496 e. The molecule has 0 saturated carbocycles. The standard InChI is InChI=1S/C34H33ClN2O6S/c1-6-41-28-16-23(11-15-26(28)43-19-22-9-13-25(35)14-10-22)17-29-32(38)37-31(24-12-8-20(3)27(18-24)40-5)30(33(39)42-7-2)21(4)36-34(37)44-29/h8-18,31H,6-7,19H2,1-5H3/t31-/m0/s1. The van der Waals surface area contributed by atoms with Gasteiger partial charge in [-0.15, -0.1) is 0 Å². The van der Waals surface area contributed by atoms with E-state index in [4.69, 9.17) is 30.5 Å². The van der Waals surface area contributed by atoms with E-state index in [2.05, 4.69) is 4.99 Å². The van der Waals surface area contributed by atoms with Crippen molar-refractivity contribution in [1.82, 2.24) is 4.57 Å². The lowest BCUT2D eigenvalue weighted by molar-refractivity contribution is -0.139. The third-order valence-electron chi connectivity index (χ3n) is 7.14. The van der Waals surface area contributed by atoms with Crippen molar-refractivity contribution in [3.63, 3.8) is 0 Å². The molecule has 8 nitrogen and oxygen atoms in total. The Morgan fingerprint density at radius 3 is 2.45 bits per heavy atom. The number of nitrogens with zero attached hydrogens (tertiary/aromatic N) is 2. The Morgan fingerprint density at radius 2 is 1.75 bits per heavy atom. The number of halogens is 1. The molecule has 0 amide bonds. The molecule has 0 N–H and O–H groups in total. The quantitative estimate of drug-likeness (QED) is 0.207. The molecular weight excluding hydrogens is 600 g/mol. The summed E-state index contributed by atoms with van der Waals surface area (Å²) >= 11 is 7.26. The molecule has 0 spiro atoms. The maximum Gasteiger partial charge on any atom is 0.338 e. The average Bonchev–Trinajstić information content (AvgIpc) is 3.31. The van der Waals surface area contributed by atoms with E-state index >= 15 is 0 Å². The van der Waals surface area contributed by atoms with Gasteiger partial charge in [0.15, 0.2) is 16.3 Å². The number of esters is 1. The van der Waals surface area contributed by atoms with E-state index in [1.807, 2.05) is 74.5 Å². The van der Waals surface area contributed by atoms with Crippen LogP contribution in [0.2, 0.25) is 5.02 Å². The second-order valence-corrected chi connectivity index (χ2v) is 11.5. The number of allylic oxidation sites excluding steroid dienone is 1. The Labute approximate surface area is 264 Å². The molecular formula is C34H33ClN2O6S. The summed E-state index contributed by atoms with van der Waals surface area (Å²) in [4.78, 5) is 32.4. The molecule has 2 heterocycles. The van der Waals surface area contributed by atoms with Crippen LogP contribution in [0.1, 0.15) is 49.1 Å². The average molecular weight is 633 g/mol. The van der Waals surface area contributed by atoms with Crippen molar-refractivity contribution >= 4 is 35.0 Å². The fraction of sp³-hybridized carbons (Fsp3) is 0.265. The predicted octanol–water partition coefficient (Wildman–Crippen LogP) is 5.75. The van der Waals surface area contributed by atoms with Crippen LogP contribution in [0.3, 0.4) is 0 Å². The molecule has 0 saturated heterocycles. The zero-order chi connectivity index (χ0) is 31.4. The van der Waals surface area contributed by atoms with Gasteiger partial charge in [-0.2, -0.15) is 0 Å². The third-order valence-corrected chi connectivity index (χ3v) is 8.37. The van der Waals surface area contributed by atoms with Gasteiger partial charge in [0.1, 0.15) is 12.4 Å². The highest BCUT2D eigenvalue weighted by atomic mass is 35.5. The van der Waals surface area contributed by atoms with Crippen LogP contribution in [0, 0.1) is 6.92 Å². The lowest BCUT2D eigenvalue weighted by atomic mass is 9.95. The zero-order valence-electron chi connectivity index (χ0n) is 25.2. The molecule has 0 unspecified atom stereocenters. The molecule has 1 aliphatic rings. The number of carbonyl (C=O) groups excluding carboxylic acids is 1. The molecule has 5 rings (SSSR count). The van der Waals surface area contributed by atoms with Gasteiger partial charge in [-0.25, -0.2) is 9.79 Å². The van der Waals surface area contributed by atoms with E-state index in [1.165, 1.54) is 11.3 Å². The topological polar surface area (TPSA) is 88.4 Å². The molecule has 10 heteroatoms. The van der Waals surface area contributed by atoms with E-state index in [0.29, 0.717) is 56.1 Å². The van der Waals surface area contributed by atoms with Crippen LogP contribution in [-0.4, -0.2) is 30.9 Å².